The van der Waals surface area contributed by atoms with Crippen LogP contribution in [-0.2, 0) is 14.3 Å². The molecular weight excluding hydrogens is 464 g/mol. The summed E-state index contributed by atoms with van der Waals surface area (Å²) < 4.78 is 5.34. The second-order valence-corrected chi connectivity index (χ2v) is 12.3. The molecule has 0 aromatic carbocycles. The molecule has 1 aromatic heterocycles. The number of aromatic amines is 1. The number of anilines is 1. The maximum Gasteiger partial charge on any atom is 0.308 e. The number of carbonyl (C=O) groups is 3. The maximum atomic E-state index is 13.8. The second-order valence-electron chi connectivity index (χ2n) is 12.3. The normalized spacial score (nSPS) is 22.4. The minimum atomic E-state index is -0.587. The monoisotopic (exact) mass is 516 g/mol. The number of hydrogen-bond donors (Lipinski definition) is 2. The number of ketones is 1. The summed E-state index contributed by atoms with van der Waals surface area (Å²) in [7, 11) is 0. The van der Waals surface area contributed by atoms with Gasteiger partial charge in [0.1, 0.15) is 5.82 Å². The second kappa shape index (κ2) is 13.6. The number of rotatable bonds is 13. The molecule has 0 saturated heterocycles. The Morgan fingerprint density at radius 3 is 2.16 bits per heavy atom. The summed E-state index contributed by atoms with van der Waals surface area (Å²) in [5, 5.41) is 3.12. The molecule has 0 spiro atoms. The summed E-state index contributed by atoms with van der Waals surface area (Å²) in [4.78, 5) is 42.5. The van der Waals surface area contributed by atoms with Gasteiger partial charge in [-0.25, -0.2) is 0 Å². The van der Waals surface area contributed by atoms with E-state index in [0.717, 1.165) is 18.4 Å². The third-order valence-electron chi connectivity index (χ3n) is 8.83. The molecule has 1 heterocycles. The lowest BCUT2D eigenvalue weighted by atomic mass is 9.67. The van der Waals surface area contributed by atoms with E-state index >= 15 is 0 Å². The van der Waals surface area contributed by atoms with Gasteiger partial charge < -0.3 is 15.0 Å². The van der Waals surface area contributed by atoms with E-state index in [1.807, 2.05) is 33.9 Å². The first kappa shape index (κ1) is 31.1. The zero-order chi connectivity index (χ0) is 27.9. The Hall–Kier alpha value is -2.11. The van der Waals surface area contributed by atoms with E-state index in [1.165, 1.54) is 0 Å². The van der Waals surface area contributed by atoms with Gasteiger partial charge in [0.25, 0.3) is 0 Å². The molecule has 210 valence electrons. The molecule has 2 rings (SSSR count). The molecule has 1 saturated carbocycles. The number of H-pyrrole nitrogens is 1. The van der Waals surface area contributed by atoms with Crippen molar-refractivity contribution in [3.63, 3.8) is 0 Å². The smallest absolute Gasteiger partial charge is 0.308 e. The van der Waals surface area contributed by atoms with E-state index in [4.69, 9.17) is 4.74 Å². The molecule has 0 bridgehead atoms. The van der Waals surface area contributed by atoms with Crippen LogP contribution in [0.5, 0.6) is 0 Å². The fourth-order valence-corrected chi connectivity index (χ4v) is 6.32. The largest absolute Gasteiger partial charge is 0.465 e. The lowest BCUT2D eigenvalue weighted by Gasteiger charge is -2.37. The third kappa shape index (κ3) is 7.70. The van der Waals surface area contributed by atoms with E-state index in [-0.39, 0.29) is 29.5 Å². The average Bonchev–Trinajstić information content (AvgIpc) is 3.25. The van der Waals surface area contributed by atoms with Gasteiger partial charge in [0.2, 0.25) is 5.91 Å². The summed E-state index contributed by atoms with van der Waals surface area (Å²) in [6.45, 7) is 19.0. The Balaban J connectivity index is 2.21. The molecule has 37 heavy (non-hydrogen) atoms. The van der Waals surface area contributed by atoms with E-state index < -0.39 is 5.41 Å². The van der Waals surface area contributed by atoms with Crippen molar-refractivity contribution in [3.8, 4) is 0 Å². The summed E-state index contributed by atoms with van der Waals surface area (Å²) in [5.74, 6) is 2.46. The zero-order valence-corrected chi connectivity index (χ0v) is 24.8. The van der Waals surface area contributed by atoms with Crippen LogP contribution >= 0.6 is 0 Å². The molecule has 1 fully saturated rings. The van der Waals surface area contributed by atoms with E-state index in [1.54, 1.807) is 0 Å². The number of carbonyl (C=O) groups excluding carboxylic acids is 3. The highest BCUT2D eigenvalue weighted by atomic mass is 16.5. The number of hydrogen-bond acceptors (Lipinski definition) is 4. The topological polar surface area (TPSA) is 88.3 Å². The molecule has 2 atom stereocenters. The summed E-state index contributed by atoms with van der Waals surface area (Å²) in [6, 6.07) is 0. The maximum absolute atomic E-state index is 13.8. The van der Waals surface area contributed by atoms with Crippen LogP contribution in [0.2, 0.25) is 0 Å². The van der Waals surface area contributed by atoms with Crippen LogP contribution in [0.15, 0.2) is 6.20 Å². The standard InChI is InChI=1S/C31H52N2O4/c1-10-31(11-2,13-12-14-37-29(35)20(5)6)30(36)33-28-27(25(18-32-28)19(3)4)26(34)17-24-22(8)15-21(7)16-23(24)9/h18-24,32H,10-17H2,1-9H3,(H,33,36). The Kier molecular flexibility index (Phi) is 11.4. The predicted octanol–water partition coefficient (Wildman–Crippen LogP) is 7.75. The quantitative estimate of drug-likeness (QED) is 0.159. The van der Waals surface area contributed by atoms with Gasteiger partial charge in [0, 0.05) is 18.0 Å². The van der Waals surface area contributed by atoms with Gasteiger partial charge in [-0.05, 0) is 73.7 Å². The summed E-state index contributed by atoms with van der Waals surface area (Å²) >= 11 is 0. The number of esters is 1. The van der Waals surface area contributed by atoms with Gasteiger partial charge in [0.05, 0.1) is 18.1 Å². The van der Waals surface area contributed by atoms with Crippen molar-refractivity contribution in [2.75, 3.05) is 11.9 Å². The highest BCUT2D eigenvalue weighted by molar-refractivity contribution is 6.06. The lowest BCUT2D eigenvalue weighted by molar-refractivity contribution is -0.147. The van der Waals surface area contributed by atoms with Crippen LogP contribution in [-0.4, -0.2) is 29.3 Å². The first-order valence-corrected chi connectivity index (χ1v) is 14.6. The number of ether oxygens (including phenoxy) is 1. The Morgan fingerprint density at radius 2 is 1.65 bits per heavy atom. The van der Waals surface area contributed by atoms with Crippen molar-refractivity contribution in [2.24, 2.45) is 35.0 Å². The van der Waals surface area contributed by atoms with Crippen LogP contribution in [0, 0.1) is 35.0 Å². The van der Waals surface area contributed by atoms with Crippen molar-refractivity contribution in [2.45, 2.75) is 113 Å². The van der Waals surface area contributed by atoms with Crippen molar-refractivity contribution in [1.29, 1.82) is 0 Å². The minimum absolute atomic E-state index is 0.0767. The average molecular weight is 517 g/mol. The molecule has 6 nitrogen and oxygen atoms in total. The molecule has 2 unspecified atom stereocenters. The van der Waals surface area contributed by atoms with Crippen molar-refractivity contribution < 1.29 is 19.1 Å². The Labute approximate surface area is 225 Å². The number of amides is 1. The van der Waals surface area contributed by atoms with Crippen LogP contribution < -0.4 is 5.32 Å². The highest BCUT2D eigenvalue weighted by Gasteiger charge is 2.37. The molecule has 1 aromatic rings. The SMILES string of the molecule is CCC(CC)(CCCOC(=O)C(C)C)C(=O)Nc1[nH]cc(C(C)C)c1C(=O)CC1C(C)CC(C)CC1C. The van der Waals surface area contributed by atoms with Crippen LogP contribution in [0.3, 0.4) is 0 Å². The third-order valence-corrected chi connectivity index (χ3v) is 8.83. The molecule has 0 aliphatic heterocycles. The van der Waals surface area contributed by atoms with Crippen molar-refractivity contribution in [3.05, 3.63) is 17.3 Å². The van der Waals surface area contributed by atoms with E-state index in [2.05, 4.69) is 44.9 Å². The molecular formula is C31H52N2O4. The van der Waals surface area contributed by atoms with Crippen molar-refractivity contribution >= 4 is 23.5 Å². The fourth-order valence-electron chi connectivity index (χ4n) is 6.32. The first-order chi connectivity index (χ1) is 17.4. The van der Waals surface area contributed by atoms with Crippen LogP contribution in [0.25, 0.3) is 0 Å². The first-order valence-electron chi connectivity index (χ1n) is 14.6. The van der Waals surface area contributed by atoms with Gasteiger partial charge in [-0.15, -0.1) is 0 Å². The molecule has 1 aliphatic rings. The fraction of sp³-hybridized carbons (Fsp3) is 0.774. The van der Waals surface area contributed by atoms with Gasteiger partial charge in [0.15, 0.2) is 5.78 Å². The zero-order valence-electron chi connectivity index (χ0n) is 24.8. The van der Waals surface area contributed by atoms with Crippen LogP contribution in [0.4, 0.5) is 5.82 Å². The van der Waals surface area contributed by atoms with E-state index in [0.29, 0.717) is 73.8 Å². The molecule has 0 radical (unpaired) electrons. The van der Waals surface area contributed by atoms with Crippen LogP contribution in [0.1, 0.15) is 129 Å². The summed E-state index contributed by atoms with van der Waals surface area (Å²) in [5.41, 5.74) is 1.02. The van der Waals surface area contributed by atoms with Gasteiger partial charge in [-0.2, -0.15) is 0 Å². The van der Waals surface area contributed by atoms with Gasteiger partial charge in [-0.3, -0.25) is 14.4 Å². The predicted molar refractivity (Wildman–Crippen MR) is 151 cm³/mol. The molecule has 1 aliphatic carbocycles. The Morgan fingerprint density at radius 1 is 1.05 bits per heavy atom. The number of aromatic nitrogens is 1. The van der Waals surface area contributed by atoms with Gasteiger partial charge >= 0.3 is 5.97 Å². The minimum Gasteiger partial charge on any atom is -0.465 e. The van der Waals surface area contributed by atoms with Gasteiger partial charge in [-0.1, -0.05) is 62.3 Å². The number of Topliss-reactive ketones (excluding diaryl/α,β-unsaturated/α-hetero) is 1. The number of nitrogens with one attached hydrogen (secondary N) is 2. The summed E-state index contributed by atoms with van der Waals surface area (Å²) in [6.07, 6.45) is 7.31. The molecule has 1 amide bonds. The van der Waals surface area contributed by atoms with Crippen molar-refractivity contribution in [1.82, 2.24) is 4.98 Å². The molecule has 6 heteroatoms. The Bertz CT molecular complexity index is 900. The van der Waals surface area contributed by atoms with E-state index in [9.17, 15) is 14.4 Å². The molecule has 2 N–H and O–H groups in total. The highest BCUT2D eigenvalue weighted by Crippen LogP contribution is 2.41. The lowest BCUT2D eigenvalue weighted by Crippen LogP contribution is -2.36.